The highest BCUT2D eigenvalue weighted by atomic mass is 16.3. The van der Waals surface area contributed by atoms with E-state index in [1.165, 1.54) is 6.21 Å². The van der Waals surface area contributed by atoms with Crippen LogP contribution in [0.3, 0.4) is 0 Å². The highest BCUT2D eigenvalue weighted by molar-refractivity contribution is 5.95. The first kappa shape index (κ1) is 17.9. The van der Waals surface area contributed by atoms with E-state index < -0.39 is 5.56 Å². The zero-order valence-corrected chi connectivity index (χ0v) is 15.0. The maximum absolute atomic E-state index is 12.2. The van der Waals surface area contributed by atoms with E-state index in [1.807, 2.05) is 24.3 Å². The third-order valence-corrected chi connectivity index (χ3v) is 4.23. The second kappa shape index (κ2) is 7.62. The van der Waals surface area contributed by atoms with Crippen LogP contribution in [0.1, 0.15) is 11.1 Å². The van der Waals surface area contributed by atoms with Crippen LogP contribution in [0.25, 0.3) is 22.2 Å². The van der Waals surface area contributed by atoms with E-state index in [9.17, 15) is 15.2 Å². The van der Waals surface area contributed by atoms with Gasteiger partial charge in [-0.1, -0.05) is 42.5 Å². The molecule has 0 fully saturated rings. The number of pyridine rings is 1. The summed E-state index contributed by atoms with van der Waals surface area (Å²) in [7, 11) is 0. The molecule has 29 heavy (non-hydrogen) atoms. The van der Waals surface area contributed by atoms with Gasteiger partial charge >= 0.3 is 0 Å². The first-order chi connectivity index (χ1) is 14.2. The Kier molecular flexibility index (Phi) is 4.70. The summed E-state index contributed by atoms with van der Waals surface area (Å²) in [6, 6.07) is 18.0. The van der Waals surface area contributed by atoms with Gasteiger partial charge in [0, 0.05) is 22.7 Å². The number of rotatable bonds is 4. The number of nitrogens with zero attached hydrogens (tertiary/aromatic N) is 4. The van der Waals surface area contributed by atoms with Crippen molar-refractivity contribution >= 4 is 23.1 Å². The van der Waals surface area contributed by atoms with Crippen molar-refractivity contribution in [1.82, 2.24) is 15.0 Å². The van der Waals surface area contributed by atoms with Gasteiger partial charge in [0.05, 0.1) is 11.9 Å². The molecule has 0 unspecified atom stereocenters. The van der Waals surface area contributed by atoms with Gasteiger partial charge in [0.15, 0.2) is 5.75 Å². The number of hydrazone groups is 1. The van der Waals surface area contributed by atoms with E-state index in [2.05, 4.69) is 25.5 Å². The van der Waals surface area contributed by atoms with Gasteiger partial charge in [0.25, 0.3) is 5.56 Å². The van der Waals surface area contributed by atoms with Crippen LogP contribution in [0.4, 0.5) is 5.95 Å². The van der Waals surface area contributed by atoms with Gasteiger partial charge in [-0.05, 0) is 12.1 Å². The molecule has 0 aliphatic heterocycles. The zero-order chi connectivity index (χ0) is 20.2. The highest BCUT2D eigenvalue weighted by Crippen LogP contribution is 2.25. The Morgan fingerprint density at radius 1 is 1.14 bits per heavy atom. The van der Waals surface area contributed by atoms with Crippen LogP contribution in [0.5, 0.6) is 5.75 Å². The number of H-pyrrole nitrogens is 1. The Hall–Kier alpha value is -4.51. The molecule has 2 heterocycles. The molecule has 8 nitrogen and oxygen atoms in total. The topological polar surface area (TPSA) is 127 Å². The molecule has 0 atom stereocenters. The molecule has 2 aromatic heterocycles. The molecule has 0 radical (unpaired) electrons. The molecule has 4 rings (SSSR count). The van der Waals surface area contributed by atoms with Crippen LogP contribution in [0, 0.1) is 11.3 Å². The fourth-order valence-electron chi connectivity index (χ4n) is 2.85. The molecular weight excluding hydrogens is 368 g/mol. The number of fused-ring (bicyclic) bond motifs is 1. The third-order valence-electron chi connectivity index (χ3n) is 4.23. The molecule has 8 heteroatoms. The normalized spacial score (nSPS) is 10.9. The minimum absolute atomic E-state index is 0.0000873. The van der Waals surface area contributed by atoms with Crippen molar-refractivity contribution < 1.29 is 5.11 Å². The van der Waals surface area contributed by atoms with Gasteiger partial charge in [-0.2, -0.15) is 10.4 Å². The van der Waals surface area contributed by atoms with E-state index in [-0.39, 0.29) is 23.0 Å². The lowest BCUT2D eigenvalue weighted by atomic mass is 10.1. The number of anilines is 1. The third kappa shape index (κ3) is 3.52. The van der Waals surface area contributed by atoms with Crippen molar-refractivity contribution in [3.63, 3.8) is 0 Å². The molecule has 0 saturated carbocycles. The smallest absolute Gasteiger partial charge is 0.270 e. The van der Waals surface area contributed by atoms with Crippen LogP contribution < -0.4 is 11.0 Å². The first-order valence-corrected chi connectivity index (χ1v) is 8.63. The summed E-state index contributed by atoms with van der Waals surface area (Å²) < 4.78 is 0. The lowest BCUT2D eigenvalue weighted by Crippen LogP contribution is -2.16. The maximum Gasteiger partial charge on any atom is 0.270 e. The van der Waals surface area contributed by atoms with Crippen LogP contribution in [0.2, 0.25) is 0 Å². The summed E-state index contributed by atoms with van der Waals surface area (Å²) in [5.41, 5.74) is 3.79. The highest BCUT2D eigenvalue weighted by Gasteiger charge is 2.13. The quantitative estimate of drug-likeness (QED) is 0.368. The maximum atomic E-state index is 12.2. The second-order valence-electron chi connectivity index (χ2n) is 6.06. The molecule has 0 amide bonds. The molecule has 0 aliphatic rings. The van der Waals surface area contributed by atoms with E-state index >= 15 is 0 Å². The molecule has 0 bridgehead atoms. The minimum atomic E-state index is -0.572. The van der Waals surface area contributed by atoms with Gasteiger partial charge < -0.3 is 5.11 Å². The molecule has 0 spiro atoms. The molecule has 140 valence electrons. The SMILES string of the molecule is N#Cc1c(-c2ccccc2)nc(NN=Cc2ccc3cccnc3c2O)[nH]c1=O. The fraction of sp³-hybridized carbons (Fsp3) is 0. The minimum Gasteiger partial charge on any atom is -0.505 e. The Balaban J connectivity index is 1.66. The lowest BCUT2D eigenvalue weighted by molar-refractivity contribution is 0.479. The van der Waals surface area contributed by atoms with E-state index in [0.29, 0.717) is 16.6 Å². The van der Waals surface area contributed by atoms with Gasteiger partial charge in [-0.25, -0.2) is 10.4 Å². The van der Waals surface area contributed by atoms with Gasteiger partial charge in [-0.15, -0.1) is 0 Å². The Labute approximate surface area is 164 Å². The Bertz CT molecular complexity index is 1320. The number of aromatic hydroxyl groups is 1. The van der Waals surface area contributed by atoms with Crippen LogP contribution in [0.15, 0.2) is 70.7 Å². The molecule has 0 aliphatic carbocycles. The summed E-state index contributed by atoms with van der Waals surface area (Å²) in [5.74, 6) is 0.0717. The second-order valence-corrected chi connectivity index (χ2v) is 6.06. The number of nitrogens with one attached hydrogen (secondary N) is 2. The predicted molar refractivity (Wildman–Crippen MR) is 110 cm³/mol. The fourth-order valence-corrected chi connectivity index (χ4v) is 2.85. The van der Waals surface area contributed by atoms with Crippen LogP contribution >= 0.6 is 0 Å². The summed E-state index contributed by atoms with van der Waals surface area (Å²) >= 11 is 0. The summed E-state index contributed by atoms with van der Waals surface area (Å²) in [6.45, 7) is 0. The average Bonchev–Trinajstić information content (AvgIpc) is 2.76. The first-order valence-electron chi connectivity index (χ1n) is 8.63. The molecule has 4 aromatic rings. The average molecular weight is 382 g/mol. The Morgan fingerprint density at radius 3 is 2.76 bits per heavy atom. The number of hydrogen-bond acceptors (Lipinski definition) is 7. The lowest BCUT2D eigenvalue weighted by Gasteiger charge is -2.06. The number of aromatic amines is 1. The van der Waals surface area contributed by atoms with Crippen molar-refractivity contribution in [3.05, 3.63) is 82.3 Å². The predicted octanol–water partition coefficient (Wildman–Crippen LogP) is 3.01. The number of phenols is 1. The number of benzene rings is 2. The van der Waals surface area contributed by atoms with E-state index in [1.54, 1.807) is 42.6 Å². The van der Waals surface area contributed by atoms with E-state index in [4.69, 9.17) is 0 Å². The largest absolute Gasteiger partial charge is 0.505 e. The number of nitriles is 1. The van der Waals surface area contributed by atoms with Gasteiger partial charge in [0.1, 0.15) is 17.1 Å². The molecule has 2 aromatic carbocycles. The van der Waals surface area contributed by atoms with Crippen LogP contribution in [-0.2, 0) is 0 Å². The zero-order valence-electron chi connectivity index (χ0n) is 15.0. The summed E-state index contributed by atoms with van der Waals surface area (Å²) in [4.78, 5) is 23.2. The van der Waals surface area contributed by atoms with Crippen LogP contribution in [-0.4, -0.2) is 26.3 Å². The standard InChI is InChI=1S/C21H14N6O2/c22-11-16-17(13-5-2-1-3-6-13)25-21(26-20(16)29)27-24-12-15-9-8-14-7-4-10-23-18(14)19(15)28/h1-10,12,28H,(H2,25,26,27,29). The van der Waals surface area contributed by atoms with Gasteiger partial charge in [-0.3, -0.25) is 14.8 Å². The molecule has 3 N–H and O–H groups in total. The van der Waals surface area contributed by atoms with Crippen molar-refractivity contribution in [2.24, 2.45) is 5.10 Å². The summed E-state index contributed by atoms with van der Waals surface area (Å²) in [5, 5.41) is 24.5. The number of hydrogen-bond donors (Lipinski definition) is 3. The van der Waals surface area contributed by atoms with Gasteiger partial charge in [0.2, 0.25) is 5.95 Å². The van der Waals surface area contributed by atoms with Crippen molar-refractivity contribution in [3.8, 4) is 23.1 Å². The van der Waals surface area contributed by atoms with Crippen molar-refractivity contribution in [2.75, 3.05) is 5.43 Å². The Morgan fingerprint density at radius 2 is 1.97 bits per heavy atom. The van der Waals surface area contributed by atoms with Crippen molar-refractivity contribution in [2.45, 2.75) is 0 Å². The van der Waals surface area contributed by atoms with Crippen molar-refractivity contribution in [1.29, 1.82) is 5.26 Å². The number of aromatic nitrogens is 3. The molecule has 0 saturated heterocycles. The number of phenolic OH excluding ortho intramolecular Hbond substituents is 1. The molecular formula is C21H14N6O2. The van der Waals surface area contributed by atoms with E-state index in [0.717, 1.165) is 5.39 Å². The summed E-state index contributed by atoms with van der Waals surface area (Å²) in [6.07, 6.45) is 2.99. The monoisotopic (exact) mass is 382 g/mol.